The molecule has 5 aromatic rings. The fraction of sp³-hybridized carbons (Fsp3) is 0.188. The summed E-state index contributed by atoms with van der Waals surface area (Å²) in [4.78, 5) is 33.2. The van der Waals surface area contributed by atoms with E-state index in [0.29, 0.717) is 28.0 Å². The van der Waals surface area contributed by atoms with Crippen molar-refractivity contribution in [3.8, 4) is 34.5 Å². The van der Waals surface area contributed by atoms with Gasteiger partial charge in [0.2, 0.25) is 5.88 Å². The van der Waals surface area contributed by atoms with Crippen molar-refractivity contribution in [3.63, 3.8) is 0 Å². The van der Waals surface area contributed by atoms with Gasteiger partial charge in [0.25, 0.3) is 11.2 Å². The Morgan fingerprint density at radius 3 is 2.44 bits per heavy atom. The van der Waals surface area contributed by atoms with Gasteiger partial charge in [-0.15, -0.1) is 0 Å². The molecule has 218 valence electrons. The number of hydrogen-bond donors (Lipinski definition) is 0. The Hall–Kier alpha value is -5.58. The van der Waals surface area contributed by atoms with Crippen molar-refractivity contribution in [1.82, 2.24) is 14.6 Å². The van der Waals surface area contributed by atoms with Crippen molar-refractivity contribution in [2.45, 2.75) is 26.7 Å². The summed E-state index contributed by atoms with van der Waals surface area (Å²) in [5, 5.41) is 16.1. The van der Waals surface area contributed by atoms with Gasteiger partial charge in [0, 0.05) is 23.3 Å². The lowest BCUT2D eigenvalue weighted by molar-refractivity contribution is -0.385. The van der Waals surface area contributed by atoms with E-state index >= 15 is 0 Å². The maximum absolute atomic E-state index is 13.8. The number of aromatic nitrogens is 3. The van der Waals surface area contributed by atoms with E-state index in [2.05, 4.69) is 23.9 Å². The summed E-state index contributed by atoms with van der Waals surface area (Å²) >= 11 is 0. The normalized spacial score (nSPS) is 11.3. The van der Waals surface area contributed by atoms with E-state index in [1.807, 2.05) is 25.1 Å². The molecular weight excluding hydrogens is 550 g/mol. The molecule has 0 spiro atoms. The minimum absolute atomic E-state index is 0.116. The van der Waals surface area contributed by atoms with Gasteiger partial charge in [0.05, 0.1) is 36.3 Å². The predicted octanol–water partition coefficient (Wildman–Crippen LogP) is 6.49. The fourth-order valence-corrected chi connectivity index (χ4v) is 4.64. The molecule has 0 unspecified atom stereocenters. The van der Waals surface area contributed by atoms with Crippen LogP contribution < -0.4 is 19.8 Å². The average molecular weight is 580 g/mol. The second-order valence-corrected chi connectivity index (χ2v) is 9.97. The molecule has 11 heteroatoms. The number of pyridine rings is 1. The van der Waals surface area contributed by atoms with Crippen LogP contribution in [0.5, 0.6) is 23.1 Å². The van der Waals surface area contributed by atoms with Crippen LogP contribution in [0.1, 0.15) is 36.5 Å². The van der Waals surface area contributed by atoms with E-state index in [1.54, 1.807) is 43.5 Å². The highest BCUT2D eigenvalue weighted by Gasteiger charge is 2.19. The maximum atomic E-state index is 13.8. The van der Waals surface area contributed by atoms with Crippen LogP contribution in [0, 0.1) is 17.0 Å². The first-order valence-corrected chi connectivity index (χ1v) is 13.4. The van der Waals surface area contributed by atoms with Gasteiger partial charge in [-0.1, -0.05) is 32.0 Å². The van der Waals surface area contributed by atoms with E-state index in [4.69, 9.17) is 19.2 Å². The van der Waals surface area contributed by atoms with Gasteiger partial charge in [-0.05, 0) is 60.4 Å². The molecule has 5 rings (SSSR count). The van der Waals surface area contributed by atoms with Gasteiger partial charge in [-0.2, -0.15) is 9.78 Å². The number of benzene rings is 3. The van der Waals surface area contributed by atoms with Crippen LogP contribution in [0.25, 0.3) is 22.3 Å². The van der Waals surface area contributed by atoms with E-state index in [1.165, 1.54) is 30.1 Å². The molecule has 0 radical (unpaired) electrons. The second-order valence-electron chi connectivity index (χ2n) is 9.97. The summed E-state index contributed by atoms with van der Waals surface area (Å²) in [5.74, 6) is 2.03. The SMILES string of the molecule is COc1cc(C)c(-c2nc3ccccc3c(=O)n2N=Cc2cccc(OC)c2Oc2ccc([N+](=O)[O-])cn2)cc1C(C)C. The standard InChI is InChI=1S/C32H29N5O6/c1-19(2)24-16-25(20(3)15-28(24)42-5)31-35-26-11-7-6-10-23(26)32(38)36(31)34-17-21-9-8-12-27(41-4)30(21)43-29-14-13-22(18-33-29)37(39)40/h6-19H,1-5H3. The Kier molecular flexibility index (Phi) is 8.15. The third kappa shape index (κ3) is 5.78. The number of ether oxygens (including phenoxy) is 3. The number of nitrogens with zero attached hydrogens (tertiary/aromatic N) is 5. The van der Waals surface area contributed by atoms with Crippen molar-refractivity contribution in [2.75, 3.05) is 14.2 Å². The molecule has 2 heterocycles. The molecule has 0 bridgehead atoms. The van der Waals surface area contributed by atoms with Gasteiger partial charge in [-0.3, -0.25) is 14.9 Å². The van der Waals surface area contributed by atoms with Crippen LogP contribution in [-0.2, 0) is 0 Å². The van der Waals surface area contributed by atoms with Gasteiger partial charge in [0.1, 0.15) is 11.9 Å². The van der Waals surface area contributed by atoms with E-state index < -0.39 is 4.92 Å². The molecule has 0 fully saturated rings. The van der Waals surface area contributed by atoms with Crippen molar-refractivity contribution in [3.05, 3.63) is 110 Å². The second kappa shape index (κ2) is 12.1. The van der Waals surface area contributed by atoms with Crippen LogP contribution in [-0.4, -0.2) is 40.0 Å². The number of nitro groups is 1. The van der Waals surface area contributed by atoms with Gasteiger partial charge >= 0.3 is 0 Å². The predicted molar refractivity (Wildman–Crippen MR) is 164 cm³/mol. The smallest absolute Gasteiger partial charge is 0.287 e. The molecule has 11 nitrogen and oxygen atoms in total. The van der Waals surface area contributed by atoms with E-state index in [9.17, 15) is 14.9 Å². The number of fused-ring (bicyclic) bond motifs is 1. The number of para-hydroxylation sites is 2. The zero-order chi connectivity index (χ0) is 30.7. The summed E-state index contributed by atoms with van der Waals surface area (Å²) in [6, 6.07) is 18.9. The topological polar surface area (TPSA) is 131 Å². The number of aryl methyl sites for hydroxylation is 1. The molecule has 3 aromatic carbocycles. The van der Waals surface area contributed by atoms with Crippen molar-refractivity contribution in [2.24, 2.45) is 5.10 Å². The molecule has 0 N–H and O–H groups in total. The summed E-state index contributed by atoms with van der Waals surface area (Å²) in [6.45, 7) is 6.07. The van der Waals surface area contributed by atoms with E-state index in [0.717, 1.165) is 28.6 Å². The summed E-state index contributed by atoms with van der Waals surface area (Å²) < 4.78 is 18.4. The maximum Gasteiger partial charge on any atom is 0.287 e. The van der Waals surface area contributed by atoms with Crippen LogP contribution in [0.2, 0.25) is 0 Å². The highest BCUT2D eigenvalue weighted by Crippen LogP contribution is 2.35. The highest BCUT2D eigenvalue weighted by molar-refractivity contribution is 5.86. The van der Waals surface area contributed by atoms with Crippen LogP contribution in [0.15, 0.2) is 82.8 Å². The Labute approximate surface area is 247 Å². The van der Waals surface area contributed by atoms with Crippen LogP contribution >= 0.6 is 0 Å². The molecular formula is C32H29N5O6. The molecule has 0 aliphatic heterocycles. The zero-order valence-electron chi connectivity index (χ0n) is 24.3. The minimum Gasteiger partial charge on any atom is -0.496 e. The monoisotopic (exact) mass is 579 g/mol. The third-order valence-electron chi connectivity index (χ3n) is 6.87. The minimum atomic E-state index is -0.542. The Morgan fingerprint density at radius 1 is 1.00 bits per heavy atom. The van der Waals surface area contributed by atoms with Crippen molar-refractivity contribution < 1.29 is 19.1 Å². The molecule has 0 atom stereocenters. The number of hydrogen-bond acceptors (Lipinski definition) is 9. The summed E-state index contributed by atoms with van der Waals surface area (Å²) in [5.41, 5.74) is 3.08. The first-order chi connectivity index (χ1) is 20.7. The molecule has 0 aliphatic carbocycles. The lowest BCUT2D eigenvalue weighted by atomic mass is 9.96. The van der Waals surface area contributed by atoms with Crippen molar-refractivity contribution in [1.29, 1.82) is 0 Å². The summed E-state index contributed by atoms with van der Waals surface area (Å²) in [6.07, 6.45) is 2.58. The van der Waals surface area contributed by atoms with Crippen LogP contribution in [0.4, 0.5) is 5.69 Å². The van der Waals surface area contributed by atoms with Crippen molar-refractivity contribution >= 4 is 22.8 Å². The Balaban J connectivity index is 1.67. The van der Waals surface area contributed by atoms with Gasteiger partial charge in [0.15, 0.2) is 17.3 Å². The van der Waals surface area contributed by atoms with E-state index in [-0.39, 0.29) is 28.8 Å². The third-order valence-corrected chi connectivity index (χ3v) is 6.87. The lowest BCUT2D eigenvalue weighted by Crippen LogP contribution is -2.21. The van der Waals surface area contributed by atoms with Gasteiger partial charge < -0.3 is 14.2 Å². The fourth-order valence-electron chi connectivity index (χ4n) is 4.64. The molecule has 2 aromatic heterocycles. The highest BCUT2D eigenvalue weighted by atomic mass is 16.6. The average Bonchev–Trinajstić information content (AvgIpc) is 3.01. The first-order valence-electron chi connectivity index (χ1n) is 13.4. The molecule has 0 saturated heterocycles. The van der Waals surface area contributed by atoms with Gasteiger partial charge in [-0.25, -0.2) is 9.97 Å². The summed E-state index contributed by atoms with van der Waals surface area (Å²) in [7, 11) is 3.12. The zero-order valence-corrected chi connectivity index (χ0v) is 24.3. The number of rotatable bonds is 9. The molecule has 0 aliphatic rings. The molecule has 0 amide bonds. The molecule has 43 heavy (non-hydrogen) atoms. The number of methoxy groups -OCH3 is 2. The first kappa shape index (κ1) is 28.9. The Bertz CT molecular complexity index is 1920. The molecule has 0 saturated carbocycles. The largest absolute Gasteiger partial charge is 0.496 e. The van der Waals surface area contributed by atoms with Crippen LogP contribution in [0.3, 0.4) is 0 Å². The lowest BCUT2D eigenvalue weighted by Gasteiger charge is -2.17. The Morgan fingerprint density at radius 2 is 1.77 bits per heavy atom. The quantitative estimate of drug-likeness (QED) is 0.110.